The third-order valence-electron chi connectivity index (χ3n) is 6.18. The third-order valence-corrected chi connectivity index (χ3v) is 8.72. The van der Waals surface area contributed by atoms with Gasteiger partial charge in [-0.1, -0.05) is 71.7 Å². The van der Waals surface area contributed by atoms with Crippen molar-refractivity contribution in [1.29, 1.82) is 0 Å². The van der Waals surface area contributed by atoms with Gasteiger partial charge < -0.3 is 10.2 Å². The Balaban J connectivity index is 2.12. The van der Waals surface area contributed by atoms with Gasteiger partial charge >= 0.3 is 10.2 Å². The van der Waals surface area contributed by atoms with Crippen LogP contribution in [0.1, 0.15) is 25.0 Å². The first kappa shape index (κ1) is 32.3. The molecule has 0 radical (unpaired) electrons. The van der Waals surface area contributed by atoms with Gasteiger partial charge in [0.25, 0.3) is 0 Å². The summed E-state index contributed by atoms with van der Waals surface area (Å²) < 4.78 is 43.1. The first-order chi connectivity index (χ1) is 19.3. The molecule has 0 bridgehead atoms. The van der Waals surface area contributed by atoms with E-state index in [0.717, 1.165) is 15.9 Å². The lowest BCUT2D eigenvalue weighted by molar-refractivity contribution is -0.140. The number of para-hydroxylation sites is 1. The lowest BCUT2D eigenvalue weighted by Crippen LogP contribution is -2.55. The number of carbonyl (C=O) groups is 2. The highest BCUT2D eigenvalue weighted by molar-refractivity contribution is 7.90. The van der Waals surface area contributed by atoms with Gasteiger partial charge in [-0.25, -0.2) is 8.70 Å². The number of carbonyl (C=O) groups excluding carboxylic acids is 2. The number of hydrogen-bond acceptors (Lipinski definition) is 4. The van der Waals surface area contributed by atoms with Crippen molar-refractivity contribution in [2.24, 2.45) is 0 Å². The molecule has 0 aliphatic heterocycles. The standard InChI is InChI=1S/C29H33Cl2FN4O4S/c1-20(2)33-29(38)27(17-21-10-6-5-7-11-21)35(18-22-14-15-23(30)24(31)16-22)28(37)19-36(41(39,40)34(3)4)26-13-9-8-12-25(26)32/h5-16,20,27H,17-19H2,1-4H3,(H,33,38)/t27-/m1/s1. The molecule has 0 aliphatic rings. The van der Waals surface area contributed by atoms with E-state index in [9.17, 15) is 22.4 Å². The fraction of sp³-hybridized carbons (Fsp3) is 0.310. The minimum absolute atomic E-state index is 0.0914. The number of halogens is 3. The zero-order valence-corrected chi connectivity index (χ0v) is 25.5. The average Bonchev–Trinajstić information content (AvgIpc) is 2.91. The number of nitrogens with one attached hydrogen (secondary N) is 1. The van der Waals surface area contributed by atoms with E-state index in [2.05, 4.69) is 5.32 Å². The van der Waals surface area contributed by atoms with E-state index in [0.29, 0.717) is 14.9 Å². The summed E-state index contributed by atoms with van der Waals surface area (Å²) in [5.74, 6) is -1.96. The molecule has 2 amide bonds. The molecule has 3 rings (SSSR count). The first-order valence-corrected chi connectivity index (χ1v) is 15.0. The summed E-state index contributed by atoms with van der Waals surface area (Å²) in [6, 6.07) is 18.0. The van der Waals surface area contributed by atoms with Gasteiger partial charge in [-0.15, -0.1) is 0 Å². The van der Waals surface area contributed by atoms with Crippen molar-refractivity contribution in [3.63, 3.8) is 0 Å². The van der Waals surface area contributed by atoms with Crippen molar-refractivity contribution in [2.75, 3.05) is 24.9 Å². The molecule has 0 saturated carbocycles. The Morgan fingerprint density at radius 3 is 2.12 bits per heavy atom. The number of benzene rings is 3. The normalized spacial score (nSPS) is 12.3. The summed E-state index contributed by atoms with van der Waals surface area (Å²) in [5, 5.41) is 3.44. The molecule has 0 spiro atoms. The number of rotatable bonds is 12. The van der Waals surface area contributed by atoms with Crippen LogP contribution < -0.4 is 9.62 Å². The fourth-order valence-corrected chi connectivity index (χ4v) is 5.51. The predicted octanol–water partition coefficient (Wildman–Crippen LogP) is 4.91. The van der Waals surface area contributed by atoms with E-state index in [1.54, 1.807) is 32.0 Å². The molecule has 0 aromatic heterocycles. The van der Waals surface area contributed by atoms with Crippen molar-refractivity contribution in [3.8, 4) is 0 Å². The molecule has 1 N–H and O–H groups in total. The molecule has 0 heterocycles. The van der Waals surface area contributed by atoms with Gasteiger partial charge in [-0.2, -0.15) is 12.7 Å². The highest BCUT2D eigenvalue weighted by atomic mass is 35.5. The van der Waals surface area contributed by atoms with Crippen LogP contribution in [0.25, 0.3) is 0 Å². The highest BCUT2D eigenvalue weighted by Gasteiger charge is 2.35. The van der Waals surface area contributed by atoms with Crippen LogP contribution in [-0.4, -0.2) is 62.2 Å². The van der Waals surface area contributed by atoms with E-state index >= 15 is 0 Å². The predicted molar refractivity (Wildman–Crippen MR) is 161 cm³/mol. The number of nitrogens with zero attached hydrogens (tertiary/aromatic N) is 3. The van der Waals surface area contributed by atoms with Gasteiger partial charge in [0.15, 0.2) is 0 Å². The molecule has 1 atom stereocenters. The largest absolute Gasteiger partial charge is 0.352 e. The van der Waals surface area contributed by atoms with Gasteiger partial charge in [0, 0.05) is 33.1 Å². The van der Waals surface area contributed by atoms with Crippen molar-refractivity contribution >= 4 is 50.9 Å². The zero-order chi connectivity index (χ0) is 30.3. The maximum Gasteiger partial charge on any atom is 0.304 e. The third kappa shape index (κ3) is 8.42. The molecule has 220 valence electrons. The Morgan fingerprint density at radius 1 is 0.902 bits per heavy atom. The Labute approximate surface area is 250 Å². The minimum Gasteiger partial charge on any atom is -0.352 e. The van der Waals surface area contributed by atoms with Crippen LogP contribution in [0.5, 0.6) is 0 Å². The second kappa shape index (κ2) is 14.1. The highest BCUT2D eigenvalue weighted by Crippen LogP contribution is 2.26. The summed E-state index contributed by atoms with van der Waals surface area (Å²) in [7, 11) is -1.74. The van der Waals surface area contributed by atoms with Crippen LogP contribution in [0.4, 0.5) is 10.1 Å². The molecule has 3 aromatic rings. The fourth-order valence-electron chi connectivity index (χ4n) is 4.13. The van der Waals surface area contributed by atoms with Gasteiger partial charge in [-0.05, 0) is 49.2 Å². The number of hydrogen-bond donors (Lipinski definition) is 1. The SMILES string of the molecule is CC(C)NC(=O)[C@@H](Cc1ccccc1)N(Cc1ccc(Cl)c(Cl)c1)C(=O)CN(c1ccccc1F)S(=O)(=O)N(C)C. The van der Waals surface area contributed by atoms with Crippen LogP contribution in [0.15, 0.2) is 72.8 Å². The summed E-state index contributed by atoms with van der Waals surface area (Å²) in [6.45, 7) is 2.74. The average molecular weight is 624 g/mol. The maximum absolute atomic E-state index is 14.9. The van der Waals surface area contributed by atoms with E-state index in [4.69, 9.17) is 23.2 Å². The molecule has 3 aromatic carbocycles. The van der Waals surface area contributed by atoms with E-state index in [1.165, 1.54) is 37.2 Å². The molecule has 41 heavy (non-hydrogen) atoms. The minimum atomic E-state index is -4.31. The number of anilines is 1. The van der Waals surface area contributed by atoms with Crippen LogP contribution in [0, 0.1) is 5.82 Å². The van der Waals surface area contributed by atoms with Crippen LogP contribution in [0.3, 0.4) is 0 Å². The summed E-state index contributed by atoms with van der Waals surface area (Å²) in [6.07, 6.45) is 0.145. The van der Waals surface area contributed by atoms with Gasteiger partial charge in [0.05, 0.1) is 15.7 Å². The Hall–Kier alpha value is -3.18. The van der Waals surface area contributed by atoms with Crippen LogP contribution in [0.2, 0.25) is 10.0 Å². The Kier molecular flexibility index (Phi) is 11.1. The van der Waals surface area contributed by atoms with Gasteiger partial charge in [0.1, 0.15) is 18.4 Å². The lowest BCUT2D eigenvalue weighted by atomic mass is 10.0. The number of amides is 2. The topological polar surface area (TPSA) is 90.0 Å². The molecule has 0 saturated heterocycles. The molecule has 8 nitrogen and oxygen atoms in total. The van der Waals surface area contributed by atoms with E-state index in [-0.39, 0.29) is 29.7 Å². The van der Waals surface area contributed by atoms with Crippen molar-refractivity contribution in [2.45, 2.75) is 38.9 Å². The summed E-state index contributed by atoms with van der Waals surface area (Å²) in [4.78, 5) is 29.0. The van der Waals surface area contributed by atoms with Crippen LogP contribution >= 0.6 is 23.2 Å². The van der Waals surface area contributed by atoms with Gasteiger partial charge in [0.2, 0.25) is 11.8 Å². The summed E-state index contributed by atoms with van der Waals surface area (Å²) >= 11 is 12.3. The molecule has 0 aliphatic carbocycles. The lowest BCUT2D eigenvalue weighted by Gasteiger charge is -2.34. The molecule has 12 heteroatoms. The van der Waals surface area contributed by atoms with E-state index < -0.39 is 40.4 Å². The molecule has 0 fully saturated rings. The van der Waals surface area contributed by atoms with Crippen LogP contribution in [-0.2, 0) is 32.8 Å². The smallest absolute Gasteiger partial charge is 0.304 e. The van der Waals surface area contributed by atoms with E-state index in [1.807, 2.05) is 30.3 Å². The second-order valence-corrected chi connectivity index (χ2v) is 12.8. The summed E-state index contributed by atoms with van der Waals surface area (Å²) in [5.41, 5.74) is 1.06. The second-order valence-electron chi connectivity index (χ2n) is 9.89. The zero-order valence-electron chi connectivity index (χ0n) is 23.2. The van der Waals surface area contributed by atoms with Crippen molar-refractivity contribution in [3.05, 3.63) is 99.8 Å². The van der Waals surface area contributed by atoms with Crippen molar-refractivity contribution in [1.82, 2.24) is 14.5 Å². The Bertz CT molecular complexity index is 1470. The monoisotopic (exact) mass is 622 g/mol. The van der Waals surface area contributed by atoms with Crippen molar-refractivity contribution < 1.29 is 22.4 Å². The maximum atomic E-state index is 14.9. The molecule has 0 unspecified atom stereocenters. The molecular weight excluding hydrogens is 590 g/mol. The Morgan fingerprint density at radius 2 is 1.54 bits per heavy atom. The van der Waals surface area contributed by atoms with Gasteiger partial charge in [-0.3, -0.25) is 9.59 Å². The molecular formula is C29H33Cl2FN4O4S. The first-order valence-electron chi connectivity index (χ1n) is 12.8. The quantitative estimate of drug-likeness (QED) is 0.311.